The van der Waals surface area contributed by atoms with Crippen molar-refractivity contribution in [3.63, 3.8) is 0 Å². The molecule has 4 nitrogen and oxygen atoms in total. The van der Waals surface area contributed by atoms with Crippen LogP contribution < -0.4 is 5.32 Å². The molecule has 3 aliphatic rings. The van der Waals surface area contributed by atoms with Crippen molar-refractivity contribution in [2.75, 3.05) is 5.32 Å². The number of hydrogen-bond acceptors (Lipinski definition) is 3. The van der Waals surface area contributed by atoms with Gasteiger partial charge in [-0.1, -0.05) is 31.9 Å². The van der Waals surface area contributed by atoms with Crippen molar-refractivity contribution >= 4 is 49.4 Å². The highest BCUT2D eigenvalue weighted by atomic mass is 79.9. The number of ether oxygens (including phenoxy) is 1. The van der Waals surface area contributed by atoms with Crippen molar-refractivity contribution in [3.05, 3.63) is 28.2 Å². The molecule has 2 bridgehead atoms. The molecule has 0 spiro atoms. The molecule has 1 aliphatic heterocycles. The third-order valence-electron chi connectivity index (χ3n) is 5.27. The van der Waals surface area contributed by atoms with Crippen LogP contribution in [-0.2, 0) is 14.3 Å². The first-order valence-electron chi connectivity index (χ1n) is 7.39. The summed E-state index contributed by atoms with van der Waals surface area (Å²) in [7, 11) is 0. The molecule has 6 heteroatoms. The zero-order valence-electron chi connectivity index (χ0n) is 11.9. The average molecular weight is 429 g/mol. The normalized spacial score (nSPS) is 38.2. The Morgan fingerprint density at radius 2 is 2.14 bits per heavy atom. The van der Waals surface area contributed by atoms with Gasteiger partial charge in [0, 0.05) is 16.1 Å². The van der Waals surface area contributed by atoms with Crippen molar-refractivity contribution in [1.82, 2.24) is 0 Å². The molecule has 4 rings (SSSR count). The third kappa shape index (κ3) is 1.99. The molecule has 2 aliphatic carbocycles. The summed E-state index contributed by atoms with van der Waals surface area (Å²) in [5.74, 6) is -0.439. The molecule has 1 N–H and O–H groups in total. The fourth-order valence-electron chi connectivity index (χ4n) is 4.31. The number of esters is 1. The van der Waals surface area contributed by atoms with E-state index in [-0.39, 0.29) is 46.5 Å². The summed E-state index contributed by atoms with van der Waals surface area (Å²) >= 11 is 7.05. The van der Waals surface area contributed by atoms with Crippen LogP contribution in [0, 0.1) is 30.6 Å². The van der Waals surface area contributed by atoms with Gasteiger partial charge in [-0.15, -0.1) is 0 Å². The fourth-order valence-corrected chi connectivity index (χ4v) is 5.83. The Morgan fingerprint density at radius 3 is 2.86 bits per heavy atom. The van der Waals surface area contributed by atoms with Crippen LogP contribution in [0.25, 0.3) is 0 Å². The highest BCUT2D eigenvalue weighted by Crippen LogP contribution is 2.60. The van der Waals surface area contributed by atoms with E-state index in [1.807, 2.05) is 25.1 Å². The maximum Gasteiger partial charge on any atom is 0.310 e. The molecule has 1 saturated heterocycles. The van der Waals surface area contributed by atoms with Gasteiger partial charge >= 0.3 is 5.97 Å². The van der Waals surface area contributed by atoms with Crippen molar-refractivity contribution in [2.24, 2.45) is 23.7 Å². The van der Waals surface area contributed by atoms with Crippen molar-refractivity contribution in [2.45, 2.75) is 24.3 Å². The molecule has 0 aromatic heterocycles. The van der Waals surface area contributed by atoms with E-state index in [9.17, 15) is 9.59 Å². The van der Waals surface area contributed by atoms with Crippen molar-refractivity contribution in [3.8, 4) is 0 Å². The average Bonchev–Trinajstić information content (AvgIpc) is 3.06. The van der Waals surface area contributed by atoms with Gasteiger partial charge in [0.05, 0.1) is 16.7 Å². The van der Waals surface area contributed by atoms with Crippen LogP contribution in [0.5, 0.6) is 0 Å². The summed E-state index contributed by atoms with van der Waals surface area (Å²) in [5.41, 5.74) is 1.79. The van der Waals surface area contributed by atoms with Gasteiger partial charge in [-0.25, -0.2) is 0 Å². The van der Waals surface area contributed by atoms with Gasteiger partial charge in [0.15, 0.2) is 0 Å². The Bertz CT molecular complexity index is 677. The van der Waals surface area contributed by atoms with E-state index in [0.717, 1.165) is 22.1 Å². The minimum absolute atomic E-state index is 0.0408. The number of anilines is 1. The molecule has 0 unspecified atom stereocenters. The highest BCUT2D eigenvalue weighted by Gasteiger charge is 2.67. The maximum absolute atomic E-state index is 12.8. The Balaban J connectivity index is 1.59. The van der Waals surface area contributed by atoms with E-state index >= 15 is 0 Å². The summed E-state index contributed by atoms with van der Waals surface area (Å²) in [6.45, 7) is 1.95. The van der Waals surface area contributed by atoms with Crippen LogP contribution in [0.2, 0.25) is 0 Å². The van der Waals surface area contributed by atoms with Crippen molar-refractivity contribution < 1.29 is 14.3 Å². The Morgan fingerprint density at radius 1 is 1.36 bits per heavy atom. The number of halogens is 2. The number of aryl methyl sites for hydroxylation is 1. The quantitative estimate of drug-likeness (QED) is 0.581. The summed E-state index contributed by atoms with van der Waals surface area (Å²) in [4.78, 5) is 25.0. The van der Waals surface area contributed by atoms with Crippen LogP contribution >= 0.6 is 31.9 Å². The molecule has 1 aromatic rings. The third-order valence-corrected chi connectivity index (χ3v) is 6.97. The number of hydrogen-bond donors (Lipinski definition) is 1. The summed E-state index contributed by atoms with van der Waals surface area (Å²) < 4.78 is 6.43. The van der Waals surface area contributed by atoms with Crippen LogP contribution in [0.1, 0.15) is 12.0 Å². The number of carbonyl (C=O) groups is 2. The largest absolute Gasteiger partial charge is 0.461 e. The minimum Gasteiger partial charge on any atom is -0.461 e. The molecule has 3 fully saturated rings. The Hall–Kier alpha value is -0.880. The zero-order chi connectivity index (χ0) is 15.6. The summed E-state index contributed by atoms with van der Waals surface area (Å²) in [5, 5.41) is 3.00. The van der Waals surface area contributed by atoms with E-state index in [1.165, 1.54) is 0 Å². The molecule has 0 radical (unpaired) electrons. The van der Waals surface area contributed by atoms with E-state index in [0.29, 0.717) is 0 Å². The van der Waals surface area contributed by atoms with Gasteiger partial charge in [0.1, 0.15) is 6.10 Å². The number of benzene rings is 1. The molecule has 1 amide bonds. The number of nitrogens with one attached hydrogen (secondary N) is 1. The lowest BCUT2D eigenvalue weighted by Gasteiger charge is -2.27. The molecule has 116 valence electrons. The second kappa shape index (κ2) is 5.06. The predicted octanol–water partition coefficient (Wildman–Crippen LogP) is 3.27. The first-order chi connectivity index (χ1) is 10.5. The number of alkyl halides is 1. The maximum atomic E-state index is 12.8. The summed E-state index contributed by atoms with van der Waals surface area (Å²) in [6.07, 6.45) is 0.856. The van der Waals surface area contributed by atoms with E-state index in [1.54, 1.807) is 0 Å². The Kier molecular flexibility index (Phi) is 3.38. The van der Waals surface area contributed by atoms with Gasteiger partial charge in [-0.05, 0) is 43.0 Å². The molecule has 1 heterocycles. The van der Waals surface area contributed by atoms with Gasteiger partial charge in [0.25, 0.3) is 0 Å². The monoisotopic (exact) mass is 427 g/mol. The van der Waals surface area contributed by atoms with Crippen LogP contribution in [0.3, 0.4) is 0 Å². The molecule has 1 aromatic carbocycles. The first-order valence-corrected chi connectivity index (χ1v) is 9.10. The second-order valence-corrected chi connectivity index (χ2v) is 8.38. The predicted molar refractivity (Wildman–Crippen MR) is 88.7 cm³/mol. The zero-order valence-corrected chi connectivity index (χ0v) is 15.1. The van der Waals surface area contributed by atoms with Crippen LogP contribution in [-0.4, -0.2) is 22.8 Å². The smallest absolute Gasteiger partial charge is 0.310 e. The molecular weight excluding hydrogens is 414 g/mol. The number of carbonyl (C=O) groups excluding carboxylic acids is 2. The van der Waals surface area contributed by atoms with Gasteiger partial charge in [-0.2, -0.15) is 0 Å². The number of rotatable bonds is 2. The topological polar surface area (TPSA) is 55.4 Å². The highest BCUT2D eigenvalue weighted by molar-refractivity contribution is 9.10. The molecule has 6 atom stereocenters. The standard InChI is InChI=1S/C16H15Br2NO3/c1-6-4-7(17)2-3-10(6)19-15(20)11-8-5-9-12(11)16(21)22-14(9)13(8)18/h2-4,8-9,11-14H,5H2,1H3,(H,19,20)/t8-,9-,11-,12-,13-,14+/m1/s1. The molecule has 2 saturated carbocycles. The van der Waals surface area contributed by atoms with E-state index in [4.69, 9.17) is 4.74 Å². The van der Waals surface area contributed by atoms with Crippen LogP contribution in [0.4, 0.5) is 5.69 Å². The lowest BCUT2D eigenvalue weighted by atomic mass is 9.79. The van der Waals surface area contributed by atoms with Crippen molar-refractivity contribution in [1.29, 1.82) is 0 Å². The van der Waals surface area contributed by atoms with Gasteiger partial charge in [0.2, 0.25) is 5.91 Å². The van der Waals surface area contributed by atoms with E-state index < -0.39 is 0 Å². The van der Waals surface area contributed by atoms with Gasteiger partial charge in [-0.3, -0.25) is 9.59 Å². The summed E-state index contributed by atoms with van der Waals surface area (Å²) in [6, 6.07) is 5.74. The lowest BCUT2D eigenvalue weighted by molar-refractivity contribution is -0.145. The number of amides is 1. The Labute approximate surface area is 145 Å². The second-order valence-electron chi connectivity index (χ2n) is 6.41. The number of fused-ring (bicyclic) bond motifs is 1. The molecular formula is C16H15Br2NO3. The lowest BCUT2D eigenvalue weighted by Crippen LogP contribution is -2.40. The first kappa shape index (κ1) is 14.7. The van der Waals surface area contributed by atoms with E-state index in [2.05, 4.69) is 37.2 Å². The van der Waals surface area contributed by atoms with Crippen LogP contribution in [0.15, 0.2) is 22.7 Å². The minimum atomic E-state index is -0.288. The SMILES string of the molecule is Cc1cc(Br)ccc1NC(=O)[C@@H]1[C@H]2C[C@H]3[C@H](OC(=O)[C@H]31)[C@@H]2Br. The van der Waals surface area contributed by atoms with Gasteiger partial charge < -0.3 is 10.1 Å². The fraction of sp³-hybridized carbons (Fsp3) is 0.500. The molecule has 22 heavy (non-hydrogen) atoms.